The van der Waals surface area contributed by atoms with Crippen molar-refractivity contribution in [3.63, 3.8) is 0 Å². The first-order valence-electron chi connectivity index (χ1n) is 7.29. The topological polar surface area (TPSA) is 16.1 Å². The average molecular weight is 246 g/mol. The molecule has 100 valence electrons. The number of nitrogens with zero attached hydrogens (tertiary/aromatic N) is 2. The van der Waals surface area contributed by atoms with E-state index >= 15 is 0 Å². The summed E-state index contributed by atoms with van der Waals surface area (Å²) >= 11 is 0. The van der Waals surface area contributed by atoms with Crippen molar-refractivity contribution in [2.45, 2.75) is 57.9 Å². The van der Waals surface area contributed by atoms with Crippen LogP contribution >= 0.6 is 0 Å². The van der Waals surface area contributed by atoms with Crippen LogP contribution in [0.15, 0.2) is 24.4 Å². The molecule has 0 bridgehead atoms. The van der Waals surface area contributed by atoms with Crippen LogP contribution in [0.25, 0.3) is 0 Å². The summed E-state index contributed by atoms with van der Waals surface area (Å²) in [4.78, 5) is 7.17. The first-order valence-corrected chi connectivity index (χ1v) is 7.29. The monoisotopic (exact) mass is 246 g/mol. The van der Waals surface area contributed by atoms with Crippen LogP contribution in [0, 0.1) is 0 Å². The van der Waals surface area contributed by atoms with Gasteiger partial charge in [0.25, 0.3) is 0 Å². The maximum atomic E-state index is 4.51. The average Bonchev–Trinajstić information content (AvgIpc) is 2.40. The third-order valence-corrected chi connectivity index (χ3v) is 4.32. The predicted octanol–water partition coefficient (Wildman–Crippen LogP) is 3.84. The van der Waals surface area contributed by atoms with Gasteiger partial charge in [-0.25, -0.2) is 0 Å². The first kappa shape index (κ1) is 13.5. The lowest BCUT2D eigenvalue weighted by atomic mass is 9.88. The van der Waals surface area contributed by atoms with Gasteiger partial charge in [0, 0.05) is 23.3 Å². The van der Waals surface area contributed by atoms with Gasteiger partial charge < -0.3 is 0 Å². The van der Waals surface area contributed by atoms with Crippen LogP contribution in [0.2, 0.25) is 0 Å². The lowest BCUT2D eigenvalue weighted by Crippen LogP contribution is -2.47. The minimum Gasteiger partial charge on any atom is -0.298 e. The molecule has 1 aliphatic heterocycles. The molecule has 1 aliphatic rings. The highest BCUT2D eigenvalue weighted by Crippen LogP contribution is 2.31. The lowest BCUT2D eigenvalue weighted by Gasteiger charge is -2.43. The molecule has 1 fully saturated rings. The number of hydrogen-bond donors (Lipinski definition) is 0. The van der Waals surface area contributed by atoms with Crippen LogP contribution in [-0.2, 0) is 0 Å². The maximum Gasteiger partial charge on any atom is 0.0435 e. The van der Waals surface area contributed by atoms with Gasteiger partial charge in [-0.3, -0.25) is 9.88 Å². The van der Waals surface area contributed by atoms with E-state index in [1.807, 2.05) is 12.3 Å². The summed E-state index contributed by atoms with van der Waals surface area (Å²) in [6, 6.07) is 6.29. The largest absolute Gasteiger partial charge is 0.298 e. The molecule has 2 heteroatoms. The van der Waals surface area contributed by atoms with Gasteiger partial charge in [-0.1, -0.05) is 19.4 Å². The van der Waals surface area contributed by atoms with Gasteiger partial charge in [-0.05, 0) is 58.3 Å². The Morgan fingerprint density at radius 1 is 1.28 bits per heavy atom. The van der Waals surface area contributed by atoms with E-state index in [0.717, 1.165) is 0 Å². The molecule has 0 aromatic carbocycles. The fourth-order valence-corrected chi connectivity index (χ4v) is 3.17. The number of pyridine rings is 1. The van der Waals surface area contributed by atoms with Crippen LogP contribution in [0.1, 0.15) is 58.1 Å². The molecule has 0 saturated carbocycles. The minimum absolute atomic E-state index is 0.365. The number of piperidine rings is 1. The Morgan fingerprint density at radius 3 is 2.56 bits per heavy atom. The Morgan fingerprint density at radius 2 is 2.00 bits per heavy atom. The van der Waals surface area contributed by atoms with Crippen molar-refractivity contribution < 1.29 is 0 Å². The van der Waals surface area contributed by atoms with E-state index in [1.165, 1.54) is 44.5 Å². The van der Waals surface area contributed by atoms with Crippen LogP contribution in [0.4, 0.5) is 0 Å². The van der Waals surface area contributed by atoms with Crippen molar-refractivity contribution in [3.8, 4) is 0 Å². The zero-order valence-electron chi connectivity index (χ0n) is 12.0. The second-order valence-electron chi connectivity index (χ2n) is 6.08. The molecule has 2 nitrogen and oxygen atoms in total. The van der Waals surface area contributed by atoms with Crippen molar-refractivity contribution >= 4 is 0 Å². The van der Waals surface area contributed by atoms with Crippen LogP contribution in [0.5, 0.6) is 0 Å². The quantitative estimate of drug-likeness (QED) is 0.802. The number of likely N-dealkylation sites (tertiary alicyclic amines) is 1. The van der Waals surface area contributed by atoms with E-state index in [4.69, 9.17) is 0 Å². The molecule has 2 rings (SSSR count). The van der Waals surface area contributed by atoms with E-state index in [1.54, 1.807) is 0 Å². The fourth-order valence-electron chi connectivity index (χ4n) is 3.17. The van der Waals surface area contributed by atoms with Crippen molar-refractivity contribution in [2.24, 2.45) is 0 Å². The zero-order chi connectivity index (χ0) is 13.0. The highest BCUT2D eigenvalue weighted by Gasteiger charge is 2.30. The van der Waals surface area contributed by atoms with Gasteiger partial charge in [-0.15, -0.1) is 0 Å². The standard InChI is InChI=1S/C16H26N2/c1-4-10-16(2,3)18-12-8-14(9-13-18)15-7-5-6-11-17-15/h5-7,11,14H,4,8-10,12-13H2,1-3H3. The summed E-state index contributed by atoms with van der Waals surface area (Å²) in [5.74, 6) is 0.667. The first-order chi connectivity index (χ1) is 8.63. The van der Waals surface area contributed by atoms with Gasteiger partial charge in [0.05, 0.1) is 0 Å². The normalized spacial score (nSPS) is 19.1. The minimum atomic E-state index is 0.365. The Balaban J connectivity index is 1.92. The predicted molar refractivity (Wildman–Crippen MR) is 76.8 cm³/mol. The molecule has 1 saturated heterocycles. The van der Waals surface area contributed by atoms with E-state index < -0.39 is 0 Å². The maximum absolute atomic E-state index is 4.51. The molecule has 0 atom stereocenters. The molecule has 0 amide bonds. The smallest absolute Gasteiger partial charge is 0.0435 e. The molecule has 0 radical (unpaired) electrons. The molecular weight excluding hydrogens is 220 g/mol. The Kier molecular flexibility index (Phi) is 4.39. The van der Waals surface area contributed by atoms with Crippen molar-refractivity contribution in [3.05, 3.63) is 30.1 Å². The Hall–Kier alpha value is -0.890. The highest BCUT2D eigenvalue weighted by atomic mass is 15.2. The van der Waals surface area contributed by atoms with Gasteiger partial charge in [-0.2, -0.15) is 0 Å². The second-order valence-corrected chi connectivity index (χ2v) is 6.08. The van der Waals surface area contributed by atoms with Gasteiger partial charge >= 0.3 is 0 Å². The number of hydrogen-bond acceptors (Lipinski definition) is 2. The third-order valence-electron chi connectivity index (χ3n) is 4.32. The molecule has 2 heterocycles. The lowest BCUT2D eigenvalue weighted by molar-refractivity contribution is 0.0797. The molecule has 1 aromatic heterocycles. The van der Waals surface area contributed by atoms with Crippen LogP contribution < -0.4 is 0 Å². The summed E-state index contributed by atoms with van der Waals surface area (Å²) in [5, 5.41) is 0. The van der Waals surface area contributed by atoms with E-state index in [9.17, 15) is 0 Å². The van der Waals surface area contributed by atoms with Gasteiger partial charge in [0.2, 0.25) is 0 Å². The summed E-state index contributed by atoms with van der Waals surface area (Å²) in [6.45, 7) is 9.49. The third kappa shape index (κ3) is 3.11. The van der Waals surface area contributed by atoms with Crippen LogP contribution in [-0.4, -0.2) is 28.5 Å². The molecule has 0 spiro atoms. The van der Waals surface area contributed by atoms with Gasteiger partial charge in [0.15, 0.2) is 0 Å². The highest BCUT2D eigenvalue weighted by molar-refractivity contribution is 5.10. The second kappa shape index (κ2) is 5.83. The molecule has 0 unspecified atom stereocenters. The molecule has 1 aromatic rings. The molecular formula is C16H26N2. The molecule has 18 heavy (non-hydrogen) atoms. The Labute approximate surface area is 111 Å². The summed E-state index contributed by atoms with van der Waals surface area (Å²) in [7, 11) is 0. The van der Waals surface area contributed by atoms with Crippen LogP contribution in [0.3, 0.4) is 0 Å². The van der Waals surface area contributed by atoms with E-state index in [0.29, 0.717) is 11.5 Å². The molecule has 0 aliphatic carbocycles. The summed E-state index contributed by atoms with van der Waals surface area (Å²) < 4.78 is 0. The summed E-state index contributed by atoms with van der Waals surface area (Å²) in [6.07, 6.45) is 6.99. The van der Waals surface area contributed by atoms with Gasteiger partial charge in [0.1, 0.15) is 0 Å². The van der Waals surface area contributed by atoms with Crippen molar-refractivity contribution in [1.29, 1.82) is 0 Å². The number of aromatic nitrogens is 1. The summed E-state index contributed by atoms with van der Waals surface area (Å²) in [5.41, 5.74) is 1.65. The SMILES string of the molecule is CCCC(C)(C)N1CCC(c2ccccn2)CC1. The van der Waals surface area contributed by atoms with Crippen molar-refractivity contribution in [1.82, 2.24) is 9.88 Å². The van der Waals surface area contributed by atoms with E-state index in [2.05, 4.69) is 42.8 Å². The fraction of sp³-hybridized carbons (Fsp3) is 0.688. The Bertz CT molecular complexity index is 351. The zero-order valence-corrected chi connectivity index (χ0v) is 12.0. The van der Waals surface area contributed by atoms with Crippen molar-refractivity contribution in [2.75, 3.05) is 13.1 Å². The van der Waals surface area contributed by atoms with E-state index in [-0.39, 0.29) is 0 Å². The number of rotatable bonds is 4. The molecule has 0 N–H and O–H groups in total.